The molecule has 5 rings (SSSR count). The van der Waals surface area contributed by atoms with Crippen LogP contribution in [0.3, 0.4) is 0 Å². The van der Waals surface area contributed by atoms with Crippen LogP contribution in [0.1, 0.15) is 44.0 Å². The van der Waals surface area contributed by atoms with E-state index in [0.29, 0.717) is 55.6 Å². The van der Waals surface area contributed by atoms with E-state index < -0.39 is 6.09 Å². The van der Waals surface area contributed by atoms with Crippen LogP contribution < -0.4 is 20.6 Å². The van der Waals surface area contributed by atoms with Gasteiger partial charge in [0.2, 0.25) is 0 Å². The summed E-state index contributed by atoms with van der Waals surface area (Å²) in [6.07, 6.45) is 4.34. The molecule has 1 saturated heterocycles. The number of nitrogens with one attached hydrogen (secondary N) is 1. The fourth-order valence-corrected chi connectivity index (χ4v) is 4.66. The van der Waals surface area contributed by atoms with Gasteiger partial charge in [0.25, 0.3) is 5.91 Å². The van der Waals surface area contributed by atoms with Gasteiger partial charge in [-0.05, 0) is 30.4 Å². The quantitative estimate of drug-likeness (QED) is 0.553. The van der Waals surface area contributed by atoms with Gasteiger partial charge in [-0.15, -0.1) is 0 Å². The molecular weight excluding hydrogens is 490 g/mol. The number of hydrogen-bond donors (Lipinski definition) is 1. The average molecular weight is 524 g/mol. The Morgan fingerprint density at radius 3 is 2.84 bits per heavy atom. The fourth-order valence-electron chi connectivity index (χ4n) is 4.66. The number of nitrogens with zero attached hydrogens (tertiary/aromatic N) is 6. The van der Waals surface area contributed by atoms with E-state index in [1.54, 1.807) is 30.4 Å². The molecule has 0 radical (unpaired) electrons. The van der Waals surface area contributed by atoms with E-state index >= 15 is 0 Å². The van der Waals surface area contributed by atoms with E-state index in [1.165, 1.54) is 9.08 Å². The molecule has 12 heteroatoms. The Hall–Kier alpha value is -4.09. The lowest BCUT2D eigenvalue weighted by molar-refractivity contribution is 0.0670. The molecule has 38 heavy (non-hydrogen) atoms. The van der Waals surface area contributed by atoms with Crippen LogP contribution in [0.15, 0.2) is 35.4 Å². The normalized spacial score (nSPS) is 17.6. The number of anilines is 2. The number of aromatic nitrogens is 4. The van der Waals surface area contributed by atoms with E-state index in [-0.39, 0.29) is 23.1 Å². The van der Waals surface area contributed by atoms with Crippen molar-refractivity contribution in [2.75, 3.05) is 37.7 Å². The van der Waals surface area contributed by atoms with Crippen molar-refractivity contribution in [2.24, 2.45) is 12.5 Å². The summed E-state index contributed by atoms with van der Waals surface area (Å²) in [4.78, 5) is 46.0. The second-order valence-electron chi connectivity index (χ2n) is 10.9. The zero-order chi connectivity index (χ0) is 27.0. The highest BCUT2D eigenvalue weighted by Gasteiger charge is 2.29. The highest BCUT2D eigenvalue weighted by Crippen LogP contribution is 2.35. The molecule has 1 fully saturated rings. The predicted molar refractivity (Wildman–Crippen MR) is 140 cm³/mol. The van der Waals surface area contributed by atoms with Gasteiger partial charge in [-0.2, -0.15) is 5.10 Å². The van der Waals surface area contributed by atoms with Crippen molar-refractivity contribution >= 4 is 29.2 Å². The van der Waals surface area contributed by atoms with Gasteiger partial charge in [0.1, 0.15) is 6.61 Å². The summed E-state index contributed by atoms with van der Waals surface area (Å²) in [6.45, 7) is 8.29. The summed E-state index contributed by atoms with van der Waals surface area (Å²) in [5, 5.41) is 7.15. The van der Waals surface area contributed by atoms with Gasteiger partial charge in [-0.1, -0.05) is 20.8 Å². The topological polar surface area (TPSA) is 123 Å². The van der Waals surface area contributed by atoms with Crippen LogP contribution in [0.4, 0.5) is 16.3 Å². The van der Waals surface area contributed by atoms with E-state index in [4.69, 9.17) is 9.47 Å². The number of ether oxygens (including phenoxy) is 2. The van der Waals surface area contributed by atoms with Gasteiger partial charge in [-0.25, -0.2) is 19.3 Å². The maximum atomic E-state index is 13.3. The Kier molecular flexibility index (Phi) is 6.72. The SMILES string of the molecule is Cn1nc2cc(N3CCOc4cc(C(=O)N5CCCC(NC(=O)OCC(C)(C)C)C5)cnc43)ccn2c1=O. The van der Waals surface area contributed by atoms with Gasteiger partial charge in [-0.3, -0.25) is 9.20 Å². The van der Waals surface area contributed by atoms with Crippen molar-refractivity contribution in [1.82, 2.24) is 29.4 Å². The standard InChI is InChI=1S/C26H33N7O5/c1-26(2,3)16-38-24(35)28-18-6-5-8-31(15-18)23(34)17-12-20-22(27-14-17)32(10-11-37-20)19-7-9-33-21(13-19)29-30(4)25(33)36/h7,9,12-14,18H,5-6,8,10-11,15-16H2,1-4H3,(H,28,35). The van der Waals surface area contributed by atoms with Gasteiger partial charge < -0.3 is 24.6 Å². The first-order chi connectivity index (χ1) is 18.1. The first-order valence-corrected chi connectivity index (χ1v) is 12.8. The van der Waals surface area contributed by atoms with Gasteiger partial charge in [0, 0.05) is 50.3 Å². The number of aryl methyl sites for hydroxylation is 1. The number of fused-ring (bicyclic) bond motifs is 2. The van der Waals surface area contributed by atoms with Crippen molar-refractivity contribution in [1.29, 1.82) is 0 Å². The van der Waals surface area contributed by atoms with E-state index in [9.17, 15) is 14.4 Å². The second kappa shape index (κ2) is 9.99. The fraction of sp³-hybridized carbons (Fsp3) is 0.500. The molecule has 1 N–H and O–H groups in total. The summed E-state index contributed by atoms with van der Waals surface area (Å²) in [5.74, 6) is 0.942. The molecule has 0 spiro atoms. The van der Waals surface area contributed by atoms with Gasteiger partial charge in [0.05, 0.1) is 18.7 Å². The number of rotatable bonds is 4. The van der Waals surface area contributed by atoms with E-state index in [2.05, 4.69) is 15.4 Å². The minimum absolute atomic E-state index is 0.117. The smallest absolute Gasteiger partial charge is 0.407 e. The van der Waals surface area contributed by atoms with E-state index in [1.807, 2.05) is 37.8 Å². The van der Waals surface area contributed by atoms with Crippen molar-refractivity contribution in [3.63, 3.8) is 0 Å². The second-order valence-corrected chi connectivity index (χ2v) is 10.9. The molecule has 0 aromatic carbocycles. The minimum Gasteiger partial charge on any atom is -0.488 e. The molecule has 5 heterocycles. The van der Waals surface area contributed by atoms with Crippen molar-refractivity contribution < 1.29 is 19.1 Å². The number of carbonyl (C=O) groups excluding carboxylic acids is 2. The third-order valence-electron chi connectivity index (χ3n) is 6.54. The summed E-state index contributed by atoms with van der Waals surface area (Å²) >= 11 is 0. The molecule has 2 aliphatic rings. The summed E-state index contributed by atoms with van der Waals surface area (Å²) < 4.78 is 14.0. The average Bonchev–Trinajstić information content (AvgIpc) is 3.18. The van der Waals surface area contributed by atoms with Crippen molar-refractivity contribution in [3.8, 4) is 5.75 Å². The van der Waals surface area contributed by atoms with Crippen LogP contribution in [-0.4, -0.2) is 75.0 Å². The molecule has 3 aromatic rings. The Morgan fingerprint density at radius 2 is 2.05 bits per heavy atom. The lowest BCUT2D eigenvalue weighted by Crippen LogP contribution is -2.50. The maximum absolute atomic E-state index is 13.3. The summed E-state index contributed by atoms with van der Waals surface area (Å²) in [5.41, 5.74) is 1.45. The molecular formula is C26H33N7O5. The van der Waals surface area contributed by atoms with Crippen LogP contribution >= 0.6 is 0 Å². The lowest BCUT2D eigenvalue weighted by Gasteiger charge is -2.34. The zero-order valence-electron chi connectivity index (χ0n) is 22.1. The number of carbonyl (C=O) groups is 2. The van der Waals surface area contributed by atoms with Crippen LogP contribution in [0, 0.1) is 5.41 Å². The number of alkyl carbamates (subject to hydrolysis) is 1. The summed E-state index contributed by atoms with van der Waals surface area (Å²) in [7, 11) is 1.61. The van der Waals surface area contributed by atoms with Crippen LogP contribution in [0.25, 0.3) is 5.65 Å². The number of piperidine rings is 1. The molecule has 0 bridgehead atoms. The van der Waals surface area contributed by atoms with Crippen molar-refractivity contribution in [3.05, 3.63) is 46.6 Å². The molecule has 0 saturated carbocycles. The zero-order valence-corrected chi connectivity index (χ0v) is 22.1. The van der Waals surface area contributed by atoms with Gasteiger partial charge in [0.15, 0.2) is 17.2 Å². The van der Waals surface area contributed by atoms with Crippen molar-refractivity contribution in [2.45, 2.75) is 39.7 Å². The first kappa shape index (κ1) is 25.6. The monoisotopic (exact) mass is 523 g/mol. The highest BCUT2D eigenvalue weighted by molar-refractivity contribution is 5.95. The lowest BCUT2D eigenvalue weighted by atomic mass is 9.99. The number of pyridine rings is 2. The molecule has 1 atom stereocenters. The first-order valence-electron chi connectivity index (χ1n) is 12.8. The maximum Gasteiger partial charge on any atom is 0.407 e. The third-order valence-corrected chi connectivity index (χ3v) is 6.54. The Balaban J connectivity index is 1.29. The summed E-state index contributed by atoms with van der Waals surface area (Å²) in [6, 6.07) is 5.20. The molecule has 12 nitrogen and oxygen atoms in total. The molecule has 2 amide bonds. The molecule has 202 valence electrons. The largest absolute Gasteiger partial charge is 0.488 e. The van der Waals surface area contributed by atoms with Crippen LogP contribution in [0.2, 0.25) is 0 Å². The Labute approximate surface area is 220 Å². The molecule has 2 aliphatic heterocycles. The third kappa shape index (κ3) is 5.29. The molecule has 3 aromatic heterocycles. The van der Waals surface area contributed by atoms with Crippen LogP contribution in [-0.2, 0) is 11.8 Å². The Bertz CT molecular complexity index is 1420. The molecule has 1 unspecified atom stereocenters. The van der Waals surface area contributed by atoms with Gasteiger partial charge >= 0.3 is 11.8 Å². The minimum atomic E-state index is -0.461. The van der Waals surface area contributed by atoms with Crippen LogP contribution in [0.5, 0.6) is 5.75 Å². The van der Waals surface area contributed by atoms with E-state index in [0.717, 1.165) is 18.5 Å². The Morgan fingerprint density at radius 1 is 1.24 bits per heavy atom. The number of amides is 2. The highest BCUT2D eigenvalue weighted by atomic mass is 16.5. The number of likely N-dealkylation sites (tertiary alicyclic amines) is 1. The molecule has 0 aliphatic carbocycles. The number of hydrogen-bond acceptors (Lipinski definition) is 8. The predicted octanol–water partition coefficient (Wildman–Crippen LogP) is 2.34.